The van der Waals surface area contributed by atoms with E-state index < -0.39 is 6.04 Å². The number of carbonyl (C=O) groups excluding carboxylic acids is 2. The zero-order valence-electron chi connectivity index (χ0n) is 16.3. The van der Waals surface area contributed by atoms with E-state index in [4.69, 9.17) is 9.47 Å². The Labute approximate surface area is 182 Å². The molecule has 0 aliphatic carbocycles. The first kappa shape index (κ1) is 20.5. The Kier molecular flexibility index (Phi) is 6.39. The lowest BCUT2D eigenvalue weighted by atomic mass is 10.1. The van der Waals surface area contributed by atoms with Crippen LogP contribution in [0.2, 0.25) is 0 Å². The van der Waals surface area contributed by atoms with Gasteiger partial charge in [0.2, 0.25) is 5.91 Å². The lowest BCUT2D eigenvalue weighted by Gasteiger charge is -2.17. The van der Waals surface area contributed by atoms with Crippen LogP contribution in [0.5, 0.6) is 11.5 Å². The largest absolute Gasteiger partial charge is 0.486 e. The maximum Gasteiger partial charge on any atom is 0.251 e. The van der Waals surface area contributed by atoms with Crippen LogP contribution in [-0.2, 0) is 4.79 Å². The van der Waals surface area contributed by atoms with Crippen LogP contribution >= 0.6 is 23.1 Å². The fourth-order valence-corrected chi connectivity index (χ4v) is 4.40. The van der Waals surface area contributed by atoms with Gasteiger partial charge >= 0.3 is 0 Å². The van der Waals surface area contributed by atoms with Crippen molar-refractivity contribution in [2.45, 2.75) is 12.5 Å². The summed E-state index contributed by atoms with van der Waals surface area (Å²) in [6.07, 6.45) is 2.49. The van der Waals surface area contributed by atoms with E-state index in [0.717, 1.165) is 16.0 Å². The molecule has 0 radical (unpaired) electrons. The average Bonchev–Trinajstić information content (AvgIpc) is 3.16. The number of amides is 2. The number of hydrogen-bond acceptors (Lipinski definition) is 7. The monoisotopic (exact) mass is 443 g/mol. The van der Waals surface area contributed by atoms with Gasteiger partial charge in [-0.1, -0.05) is 29.5 Å². The molecule has 1 aliphatic heterocycles. The third kappa shape index (κ3) is 4.68. The fraction of sp³-hybridized carbons (Fsp3) is 0.286. The Bertz CT molecular complexity index is 1010. The number of anilines is 1. The topological polar surface area (TPSA) is 89.6 Å². The van der Waals surface area contributed by atoms with Crippen LogP contribution < -0.4 is 20.1 Å². The Hall–Kier alpha value is -2.78. The molecule has 4 rings (SSSR count). The van der Waals surface area contributed by atoms with E-state index in [2.05, 4.69) is 15.6 Å². The smallest absolute Gasteiger partial charge is 0.251 e. The van der Waals surface area contributed by atoms with Gasteiger partial charge in [0.15, 0.2) is 16.6 Å². The number of fused-ring (bicyclic) bond motifs is 2. The van der Waals surface area contributed by atoms with Crippen LogP contribution in [0.25, 0.3) is 10.2 Å². The normalized spacial score (nSPS) is 13.6. The maximum absolute atomic E-state index is 12.9. The molecule has 3 aromatic rings. The number of thioether (sulfide) groups is 1. The lowest BCUT2D eigenvalue weighted by molar-refractivity contribution is -0.118. The molecule has 2 aromatic carbocycles. The molecular weight excluding hydrogens is 422 g/mol. The summed E-state index contributed by atoms with van der Waals surface area (Å²) in [6, 6.07) is 11.9. The van der Waals surface area contributed by atoms with E-state index in [1.54, 1.807) is 36.0 Å². The summed E-state index contributed by atoms with van der Waals surface area (Å²) in [5.74, 6) is 1.52. The molecular formula is C21H21N3O4S2. The zero-order valence-corrected chi connectivity index (χ0v) is 18.0. The van der Waals surface area contributed by atoms with Gasteiger partial charge in [-0.05, 0) is 30.6 Å². The van der Waals surface area contributed by atoms with Crippen LogP contribution in [0.4, 0.5) is 5.13 Å². The molecule has 156 valence electrons. The van der Waals surface area contributed by atoms with Gasteiger partial charge in [-0.3, -0.25) is 9.59 Å². The first-order valence-electron chi connectivity index (χ1n) is 9.50. The Morgan fingerprint density at radius 1 is 1.17 bits per heavy atom. The fourth-order valence-electron chi connectivity index (χ4n) is 3.05. The summed E-state index contributed by atoms with van der Waals surface area (Å²) >= 11 is 2.98. The molecule has 0 spiro atoms. The highest BCUT2D eigenvalue weighted by Crippen LogP contribution is 2.37. The SMILES string of the molecule is CSCC[C@H](NC(=O)c1ccccc1)C(=O)Nc1nc2cc3c(cc2s1)OCCO3. The predicted octanol–water partition coefficient (Wildman–Crippen LogP) is 3.56. The van der Waals surface area contributed by atoms with Gasteiger partial charge in [-0.15, -0.1) is 0 Å². The van der Waals surface area contributed by atoms with E-state index in [1.807, 2.05) is 24.5 Å². The lowest BCUT2D eigenvalue weighted by Crippen LogP contribution is -2.44. The predicted molar refractivity (Wildman–Crippen MR) is 120 cm³/mol. The van der Waals surface area contributed by atoms with Gasteiger partial charge in [-0.2, -0.15) is 11.8 Å². The molecule has 1 aromatic heterocycles. The molecule has 2 amide bonds. The minimum absolute atomic E-state index is 0.275. The van der Waals surface area contributed by atoms with Gasteiger partial charge < -0.3 is 20.1 Å². The summed E-state index contributed by atoms with van der Waals surface area (Å²) in [4.78, 5) is 29.9. The van der Waals surface area contributed by atoms with Gasteiger partial charge in [0.25, 0.3) is 5.91 Å². The molecule has 0 saturated heterocycles. The summed E-state index contributed by atoms with van der Waals surface area (Å²) in [6.45, 7) is 1.02. The summed E-state index contributed by atoms with van der Waals surface area (Å²) < 4.78 is 12.1. The Morgan fingerprint density at radius 3 is 2.63 bits per heavy atom. The second-order valence-electron chi connectivity index (χ2n) is 6.65. The van der Waals surface area contributed by atoms with Gasteiger partial charge in [0.1, 0.15) is 19.3 Å². The quantitative estimate of drug-likeness (QED) is 0.580. The van der Waals surface area contributed by atoms with Crippen molar-refractivity contribution in [3.8, 4) is 11.5 Å². The highest BCUT2D eigenvalue weighted by atomic mass is 32.2. The minimum Gasteiger partial charge on any atom is -0.486 e. The van der Waals surface area contributed by atoms with Crippen LogP contribution in [0.1, 0.15) is 16.8 Å². The van der Waals surface area contributed by atoms with Crippen molar-refractivity contribution >= 4 is 50.3 Å². The van der Waals surface area contributed by atoms with E-state index >= 15 is 0 Å². The van der Waals surface area contributed by atoms with Crippen molar-refractivity contribution in [3.05, 3.63) is 48.0 Å². The molecule has 0 fully saturated rings. The Balaban J connectivity index is 1.49. The number of nitrogens with zero attached hydrogens (tertiary/aromatic N) is 1. The van der Waals surface area contributed by atoms with Crippen molar-refractivity contribution < 1.29 is 19.1 Å². The van der Waals surface area contributed by atoms with Gasteiger partial charge in [0.05, 0.1) is 10.2 Å². The third-order valence-electron chi connectivity index (χ3n) is 4.55. The van der Waals surface area contributed by atoms with Crippen LogP contribution in [0.3, 0.4) is 0 Å². The second-order valence-corrected chi connectivity index (χ2v) is 8.66. The van der Waals surface area contributed by atoms with Crippen molar-refractivity contribution in [2.75, 3.05) is 30.5 Å². The van der Waals surface area contributed by atoms with Crippen molar-refractivity contribution in [1.29, 1.82) is 0 Å². The number of benzene rings is 2. The average molecular weight is 444 g/mol. The number of hydrogen-bond donors (Lipinski definition) is 2. The number of thiazole rings is 1. The molecule has 1 atom stereocenters. The van der Waals surface area contributed by atoms with E-state index in [9.17, 15) is 9.59 Å². The molecule has 9 heteroatoms. The maximum atomic E-state index is 12.9. The minimum atomic E-state index is -0.656. The molecule has 7 nitrogen and oxygen atoms in total. The number of aromatic nitrogens is 1. The number of carbonyl (C=O) groups is 2. The molecule has 0 bridgehead atoms. The first-order valence-corrected chi connectivity index (χ1v) is 11.7. The van der Waals surface area contributed by atoms with E-state index in [1.165, 1.54) is 11.3 Å². The molecule has 1 aliphatic rings. The van der Waals surface area contributed by atoms with Crippen molar-refractivity contribution in [3.63, 3.8) is 0 Å². The Morgan fingerprint density at radius 2 is 1.90 bits per heavy atom. The molecule has 30 heavy (non-hydrogen) atoms. The number of rotatable bonds is 7. The van der Waals surface area contributed by atoms with Gasteiger partial charge in [-0.25, -0.2) is 4.98 Å². The van der Waals surface area contributed by atoms with E-state index in [-0.39, 0.29) is 11.8 Å². The molecule has 2 heterocycles. The summed E-state index contributed by atoms with van der Waals surface area (Å²) in [5, 5.41) is 6.16. The second kappa shape index (κ2) is 9.36. The molecule has 0 saturated carbocycles. The standard InChI is InChI=1S/C21H21N3O4S2/c1-29-10-7-14(22-19(25)13-5-3-2-4-6-13)20(26)24-21-23-15-11-16-17(12-18(15)30-21)28-9-8-27-16/h2-6,11-12,14H,7-10H2,1H3,(H,22,25)(H,23,24,26)/t14-/m0/s1. The third-order valence-corrected chi connectivity index (χ3v) is 6.13. The summed E-state index contributed by atoms with van der Waals surface area (Å²) in [7, 11) is 0. The number of nitrogens with one attached hydrogen (secondary N) is 2. The number of ether oxygens (including phenoxy) is 2. The molecule has 2 N–H and O–H groups in total. The zero-order chi connectivity index (χ0) is 20.9. The first-order chi connectivity index (χ1) is 14.6. The van der Waals surface area contributed by atoms with Crippen LogP contribution in [-0.4, -0.2) is 48.1 Å². The summed E-state index contributed by atoms with van der Waals surface area (Å²) in [5.41, 5.74) is 1.25. The highest BCUT2D eigenvalue weighted by molar-refractivity contribution is 7.98. The van der Waals surface area contributed by atoms with E-state index in [0.29, 0.717) is 41.8 Å². The van der Waals surface area contributed by atoms with Crippen LogP contribution in [0.15, 0.2) is 42.5 Å². The highest BCUT2D eigenvalue weighted by Gasteiger charge is 2.23. The van der Waals surface area contributed by atoms with Crippen molar-refractivity contribution in [1.82, 2.24) is 10.3 Å². The van der Waals surface area contributed by atoms with Crippen LogP contribution in [0, 0.1) is 0 Å². The van der Waals surface area contributed by atoms with Gasteiger partial charge in [0, 0.05) is 17.7 Å². The molecule has 0 unspecified atom stereocenters. The van der Waals surface area contributed by atoms with Crippen molar-refractivity contribution in [2.24, 2.45) is 0 Å².